The number of rotatable bonds is 2. The van der Waals surface area contributed by atoms with Crippen molar-refractivity contribution in [1.82, 2.24) is 5.43 Å². The van der Waals surface area contributed by atoms with Crippen LogP contribution in [0, 0.1) is 6.92 Å². The number of furan rings is 1. The number of nitrogens with two attached hydrogens (primary N) is 1. The first-order valence-corrected chi connectivity index (χ1v) is 6.81. The van der Waals surface area contributed by atoms with Crippen LogP contribution < -0.4 is 11.3 Å². The molecule has 4 heteroatoms. The zero-order valence-electron chi connectivity index (χ0n) is 11.1. The third-order valence-electron chi connectivity index (χ3n) is 3.68. The number of hydrogen-bond donors (Lipinski definition) is 2. The van der Waals surface area contributed by atoms with E-state index in [4.69, 9.17) is 10.3 Å². The van der Waals surface area contributed by atoms with E-state index in [0.717, 1.165) is 29.6 Å². The second kappa shape index (κ2) is 5.05. The fourth-order valence-corrected chi connectivity index (χ4v) is 2.67. The van der Waals surface area contributed by atoms with Crippen LogP contribution >= 0.6 is 0 Å². The maximum absolute atomic E-state index is 5.81. The first-order valence-electron chi connectivity index (χ1n) is 6.81. The summed E-state index contributed by atoms with van der Waals surface area (Å²) >= 11 is 0. The van der Waals surface area contributed by atoms with Crippen molar-refractivity contribution in [2.24, 2.45) is 10.8 Å². The van der Waals surface area contributed by atoms with Crippen molar-refractivity contribution in [3.8, 4) is 0 Å². The van der Waals surface area contributed by atoms with Gasteiger partial charge in [0.25, 0.3) is 0 Å². The van der Waals surface area contributed by atoms with E-state index in [-0.39, 0.29) is 0 Å². The Morgan fingerprint density at radius 1 is 1.32 bits per heavy atom. The number of nitrogens with one attached hydrogen (secondary N) is 1. The monoisotopic (exact) mass is 257 g/mol. The van der Waals surface area contributed by atoms with E-state index in [2.05, 4.69) is 23.4 Å². The molecule has 3 rings (SSSR count). The predicted molar refractivity (Wildman–Crippen MR) is 77.1 cm³/mol. The Labute approximate surface area is 112 Å². The molecule has 1 aliphatic rings. The average molecular weight is 257 g/mol. The van der Waals surface area contributed by atoms with E-state index in [0.29, 0.717) is 11.9 Å². The zero-order valence-corrected chi connectivity index (χ0v) is 11.1. The lowest BCUT2D eigenvalue weighted by molar-refractivity contribution is 0.595. The van der Waals surface area contributed by atoms with Gasteiger partial charge >= 0.3 is 0 Å². The number of fused-ring (bicyclic) bond motifs is 1. The summed E-state index contributed by atoms with van der Waals surface area (Å²) in [5, 5.41) is 1.09. The summed E-state index contributed by atoms with van der Waals surface area (Å²) in [5.74, 6) is 6.96. The van der Waals surface area contributed by atoms with E-state index in [1.165, 1.54) is 18.4 Å². The molecule has 1 aromatic heterocycles. The molecule has 1 aromatic carbocycles. The lowest BCUT2D eigenvalue weighted by Crippen LogP contribution is -2.31. The molecule has 19 heavy (non-hydrogen) atoms. The van der Waals surface area contributed by atoms with Crippen molar-refractivity contribution in [2.75, 3.05) is 0 Å². The maximum atomic E-state index is 5.81. The second-order valence-electron chi connectivity index (χ2n) is 5.21. The molecule has 0 spiro atoms. The second-order valence-corrected chi connectivity index (χ2v) is 5.21. The van der Waals surface area contributed by atoms with Gasteiger partial charge in [0, 0.05) is 5.39 Å². The van der Waals surface area contributed by atoms with Gasteiger partial charge in [0.15, 0.2) is 11.6 Å². The van der Waals surface area contributed by atoms with Crippen LogP contribution in [0.5, 0.6) is 0 Å². The van der Waals surface area contributed by atoms with Crippen LogP contribution in [0.2, 0.25) is 0 Å². The van der Waals surface area contributed by atoms with E-state index in [9.17, 15) is 0 Å². The lowest BCUT2D eigenvalue weighted by atomic mass is 10.2. The quantitative estimate of drug-likeness (QED) is 0.376. The molecule has 1 aliphatic carbocycles. The van der Waals surface area contributed by atoms with Gasteiger partial charge in [-0.3, -0.25) is 4.99 Å². The maximum Gasteiger partial charge on any atom is 0.179 e. The van der Waals surface area contributed by atoms with Crippen LogP contribution in [0.1, 0.15) is 37.0 Å². The van der Waals surface area contributed by atoms with Crippen LogP contribution in [0.15, 0.2) is 33.7 Å². The Hall–Kier alpha value is -1.81. The van der Waals surface area contributed by atoms with Crippen molar-refractivity contribution >= 4 is 16.8 Å². The summed E-state index contributed by atoms with van der Waals surface area (Å²) < 4.78 is 5.81. The average Bonchev–Trinajstić information content (AvgIpc) is 3.03. The molecule has 0 radical (unpaired) electrons. The van der Waals surface area contributed by atoms with Gasteiger partial charge in [-0.25, -0.2) is 5.84 Å². The van der Waals surface area contributed by atoms with Gasteiger partial charge in [0.1, 0.15) is 5.58 Å². The third kappa shape index (κ3) is 2.49. The Bertz CT molecular complexity index is 609. The molecular formula is C15H19N3O. The van der Waals surface area contributed by atoms with Crippen molar-refractivity contribution in [3.05, 3.63) is 35.6 Å². The Morgan fingerprint density at radius 3 is 2.84 bits per heavy atom. The topological polar surface area (TPSA) is 63.5 Å². The van der Waals surface area contributed by atoms with Gasteiger partial charge in [0.2, 0.25) is 0 Å². The highest BCUT2D eigenvalue weighted by Crippen LogP contribution is 2.24. The highest BCUT2D eigenvalue weighted by atomic mass is 16.3. The lowest BCUT2D eigenvalue weighted by Gasteiger charge is -2.06. The SMILES string of the molecule is Cc1ccc2oc(C(=NC3CCCC3)NN)cc2c1. The van der Waals surface area contributed by atoms with Crippen LogP contribution in [-0.4, -0.2) is 11.9 Å². The Balaban J connectivity index is 1.96. The Morgan fingerprint density at radius 2 is 2.11 bits per heavy atom. The molecule has 1 fully saturated rings. The van der Waals surface area contributed by atoms with Gasteiger partial charge in [-0.1, -0.05) is 24.5 Å². The summed E-state index contributed by atoms with van der Waals surface area (Å²) in [5.41, 5.74) is 4.76. The van der Waals surface area contributed by atoms with Crippen molar-refractivity contribution in [1.29, 1.82) is 0 Å². The predicted octanol–water partition coefficient (Wildman–Crippen LogP) is 2.89. The van der Waals surface area contributed by atoms with E-state index >= 15 is 0 Å². The number of aliphatic imine (C=N–C) groups is 1. The standard InChI is InChI=1S/C15H19N3O/c1-10-6-7-13-11(8-10)9-14(19-13)15(18-16)17-12-4-2-3-5-12/h6-9,12H,2-5,16H2,1H3,(H,17,18). The fourth-order valence-electron chi connectivity index (χ4n) is 2.67. The Kier molecular flexibility index (Phi) is 3.25. The van der Waals surface area contributed by atoms with Crippen molar-refractivity contribution < 1.29 is 4.42 Å². The molecule has 0 amide bonds. The minimum absolute atomic E-state index is 0.376. The molecule has 0 atom stereocenters. The molecule has 1 heterocycles. The number of hydrazine groups is 1. The smallest absolute Gasteiger partial charge is 0.179 e. The van der Waals surface area contributed by atoms with Gasteiger partial charge in [-0.2, -0.15) is 0 Å². The zero-order chi connectivity index (χ0) is 13.2. The van der Waals surface area contributed by atoms with E-state index in [1.54, 1.807) is 0 Å². The summed E-state index contributed by atoms with van der Waals surface area (Å²) in [4.78, 5) is 4.67. The highest BCUT2D eigenvalue weighted by molar-refractivity contribution is 5.99. The van der Waals surface area contributed by atoms with E-state index < -0.39 is 0 Å². The summed E-state index contributed by atoms with van der Waals surface area (Å²) in [6.45, 7) is 2.07. The summed E-state index contributed by atoms with van der Waals surface area (Å²) in [7, 11) is 0. The third-order valence-corrected chi connectivity index (χ3v) is 3.68. The normalized spacial score (nSPS) is 17.3. The molecule has 0 unspecified atom stereocenters. The minimum atomic E-state index is 0.376. The number of aryl methyl sites for hydroxylation is 1. The summed E-state index contributed by atoms with van der Waals surface area (Å²) in [6.07, 6.45) is 4.80. The largest absolute Gasteiger partial charge is 0.453 e. The van der Waals surface area contributed by atoms with Crippen LogP contribution in [-0.2, 0) is 0 Å². The van der Waals surface area contributed by atoms with Crippen LogP contribution in [0.4, 0.5) is 0 Å². The molecule has 2 aromatic rings. The first kappa shape index (κ1) is 12.2. The molecule has 100 valence electrons. The van der Waals surface area contributed by atoms with Crippen LogP contribution in [0.3, 0.4) is 0 Å². The number of hydrogen-bond acceptors (Lipinski definition) is 3. The molecule has 3 N–H and O–H groups in total. The van der Waals surface area contributed by atoms with Gasteiger partial charge in [0.05, 0.1) is 6.04 Å². The molecular weight excluding hydrogens is 238 g/mol. The number of amidine groups is 1. The highest BCUT2D eigenvalue weighted by Gasteiger charge is 2.17. The summed E-state index contributed by atoms with van der Waals surface area (Å²) in [6, 6.07) is 8.50. The van der Waals surface area contributed by atoms with E-state index in [1.807, 2.05) is 18.2 Å². The molecule has 1 saturated carbocycles. The number of nitrogens with zero attached hydrogens (tertiary/aromatic N) is 1. The number of benzene rings is 1. The van der Waals surface area contributed by atoms with Crippen molar-refractivity contribution in [3.63, 3.8) is 0 Å². The van der Waals surface area contributed by atoms with Gasteiger partial charge in [-0.05, 0) is 38.0 Å². The molecule has 0 bridgehead atoms. The molecule has 0 saturated heterocycles. The van der Waals surface area contributed by atoms with Gasteiger partial charge in [-0.15, -0.1) is 0 Å². The van der Waals surface area contributed by atoms with Crippen molar-refractivity contribution in [2.45, 2.75) is 38.6 Å². The van der Waals surface area contributed by atoms with Crippen LogP contribution in [0.25, 0.3) is 11.0 Å². The molecule has 0 aliphatic heterocycles. The molecule has 4 nitrogen and oxygen atoms in total. The fraction of sp³-hybridized carbons (Fsp3) is 0.400. The first-order chi connectivity index (χ1) is 9.26. The minimum Gasteiger partial charge on any atom is -0.453 e. The van der Waals surface area contributed by atoms with Gasteiger partial charge < -0.3 is 9.84 Å².